The first-order valence-corrected chi connectivity index (χ1v) is 9.24. The summed E-state index contributed by atoms with van der Waals surface area (Å²) in [6, 6.07) is 9.88. The smallest absolute Gasteiger partial charge is 0.208 e. The van der Waals surface area contributed by atoms with Gasteiger partial charge in [0.05, 0.1) is 11.4 Å². The summed E-state index contributed by atoms with van der Waals surface area (Å²) in [5, 5.41) is 20.1. The van der Waals surface area contributed by atoms with Crippen molar-refractivity contribution in [1.82, 2.24) is 35.4 Å². The minimum Gasteiger partial charge on any atom is -0.262 e. The Labute approximate surface area is 144 Å². The van der Waals surface area contributed by atoms with Crippen molar-refractivity contribution < 1.29 is 0 Å². The lowest BCUT2D eigenvalue weighted by atomic mass is 10.0. The minimum absolute atomic E-state index is 0.628. The first-order valence-electron chi connectivity index (χ1n) is 8.25. The van der Waals surface area contributed by atoms with Crippen LogP contribution in [0.3, 0.4) is 0 Å². The highest BCUT2D eigenvalue weighted by Crippen LogP contribution is 2.27. The number of tetrazole rings is 1. The minimum atomic E-state index is 0.628. The lowest BCUT2D eigenvalue weighted by Gasteiger charge is -2.04. The fourth-order valence-corrected chi connectivity index (χ4v) is 3.84. The summed E-state index contributed by atoms with van der Waals surface area (Å²) in [6.07, 6.45) is 6.34. The normalized spacial score (nSPS) is 15.2. The number of nitrogens with zero attached hydrogens (tertiary/aromatic N) is 6. The van der Waals surface area contributed by atoms with Crippen molar-refractivity contribution >= 4 is 11.8 Å². The van der Waals surface area contributed by atoms with Crippen LogP contribution in [0.25, 0.3) is 5.69 Å². The molecule has 7 nitrogen and oxygen atoms in total. The first kappa shape index (κ1) is 15.3. The molecule has 0 amide bonds. The standard InChI is InChI=1S/C16H19N7S/c1-2-8-13(9-3-1)23-15(19-21-22-23)11-24-16-17-14(18-20-16)10-12-6-4-5-7-12/h1-3,8-9,12H,4-7,10-11H2,(H,17,18,20). The molecule has 1 aromatic carbocycles. The van der Waals surface area contributed by atoms with Gasteiger partial charge in [0.1, 0.15) is 5.82 Å². The Hall–Kier alpha value is -2.22. The van der Waals surface area contributed by atoms with Crippen LogP contribution in [0, 0.1) is 5.92 Å². The van der Waals surface area contributed by atoms with Gasteiger partial charge in [0.15, 0.2) is 5.82 Å². The van der Waals surface area contributed by atoms with E-state index in [4.69, 9.17) is 0 Å². The molecule has 1 saturated carbocycles. The molecular formula is C16H19N7S. The molecule has 0 spiro atoms. The average molecular weight is 341 g/mol. The monoisotopic (exact) mass is 341 g/mol. The number of aromatic amines is 1. The van der Waals surface area contributed by atoms with Gasteiger partial charge in [-0.25, -0.2) is 4.98 Å². The van der Waals surface area contributed by atoms with Crippen molar-refractivity contribution in [2.75, 3.05) is 0 Å². The number of nitrogens with one attached hydrogen (secondary N) is 1. The second kappa shape index (κ2) is 7.12. The van der Waals surface area contributed by atoms with Crippen LogP contribution in [-0.4, -0.2) is 35.4 Å². The van der Waals surface area contributed by atoms with Gasteiger partial charge in [-0.05, 0) is 28.5 Å². The third-order valence-corrected chi connectivity index (χ3v) is 5.18. The maximum Gasteiger partial charge on any atom is 0.208 e. The molecule has 1 N–H and O–H groups in total. The summed E-state index contributed by atoms with van der Waals surface area (Å²) in [4.78, 5) is 4.59. The third kappa shape index (κ3) is 3.48. The van der Waals surface area contributed by atoms with Gasteiger partial charge in [-0.2, -0.15) is 4.68 Å². The molecule has 124 valence electrons. The number of para-hydroxylation sites is 1. The summed E-state index contributed by atoms with van der Waals surface area (Å²) < 4.78 is 1.75. The predicted molar refractivity (Wildman–Crippen MR) is 90.8 cm³/mol. The van der Waals surface area contributed by atoms with Crippen LogP contribution in [0.4, 0.5) is 0 Å². The van der Waals surface area contributed by atoms with E-state index in [0.717, 1.165) is 34.8 Å². The molecule has 1 aliphatic carbocycles. The molecule has 0 unspecified atom stereocenters. The molecule has 24 heavy (non-hydrogen) atoms. The van der Waals surface area contributed by atoms with Crippen LogP contribution in [-0.2, 0) is 12.2 Å². The van der Waals surface area contributed by atoms with Crippen LogP contribution in [0.15, 0.2) is 35.5 Å². The zero-order valence-corrected chi connectivity index (χ0v) is 14.1. The van der Waals surface area contributed by atoms with E-state index in [9.17, 15) is 0 Å². The maximum atomic E-state index is 4.59. The van der Waals surface area contributed by atoms with Crippen LogP contribution >= 0.6 is 11.8 Å². The van der Waals surface area contributed by atoms with Gasteiger partial charge >= 0.3 is 0 Å². The van der Waals surface area contributed by atoms with E-state index in [1.807, 2.05) is 30.3 Å². The molecular weight excluding hydrogens is 322 g/mol. The van der Waals surface area contributed by atoms with Gasteiger partial charge < -0.3 is 0 Å². The molecule has 0 saturated heterocycles. The SMILES string of the molecule is c1ccc(-n2nnnc2CSc2n[nH]c(CC3CCCC3)n2)cc1. The Morgan fingerprint density at radius 2 is 2.00 bits per heavy atom. The summed E-state index contributed by atoms with van der Waals surface area (Å²) in [7, 11) is 0. The van der Waals surface area contributed by atoms with Crippen molar-refractivity contribution in [3.63, 3.8) is 0 Å². The summed E-state index contributed by atoms with van der Waals surface area (Å²) in [5.41, 5.74) is 0.954. The predicted octanol–water partition coefficient (Wildman–Crippen LogP) is 2.81. The number of benzene rings is 1. The van der Waals surface area contributed by atoms with Crippen LogP contribution in [0.1, 0.15) is 37.3 Å². The Kier molecular flexibility index (Phi) is 4.55. The molecule has 0 aliphatic heterocycles. The number of thioether (sulfide) groups is 1. The Morgan fingerprint density at radius 3 is 2.83 bits per heavy atom. The largest absolute Gasteiger partial charge is 0.262 e. The van der Waals surface area contributed by atoms with Gasteiger partial charge in [0, 0.05) is 6.42 Å². The number of hydrogen-bond donors (Lipinski definition) is 1. The van der Waals surface area contributed by atoms with Gasteiger partial charge in [-0.3, -0.25) is 5.10 Å². The highest BCUT2D eigenvalue weighted by atomic mass is 32.2. The molecule has 1 fully saturated rings. The van der Waals surface area contributed by atoms with Gasteiger partial charge in [0.2, 0.25) is 5.16 Å². The molecule has 3 aromatic rings. The Morgan fingerprint density at radius 1 is 1.17 bits per heavy atom. The molecule has 1 aliphatic rings. The van der Waals surface area contributed by atoms with E-state index in [2.05, 4.69) is 30.7 Å². The van der Waals surface area contributed by atoms with E-state index in [1.54, 1.807) is 16.4 Å². The zero-order chi connectivity index (χ0) is 16.2. The summed E-state index contributed by atoms with van der Waals surface area (Å²) in [5.74, 6) is 3.17. The van der Waals surface area contributed by atoms with Crippen molar-refractivity contribution in [1.29, 1.82) is 0 Å². The molecule has 0 bridgehead atoms. The Balaban J connectivity index is 1.39. The maximum absolute atomic E-state index is 4.59. The average Bonchev–Trinajstić information content (AvgIpc) is 3.36. The van der Waals surface area contributed by atoms with Crippen LogP contribution in [0.2, 0.25) is 0 Å². The van der Waals surface area contributed by atoms with Crippen molar-refractivity contribution in [3.8, 4) is 5.69 Å². The second-order valence-electron chi connectivity index (χ2n) is 6.05. The fraction of sp³-hybridized carbons (Fsp3) is 0.438. The van der Waals surface area contributed by atoms with Crippen LogP contribution in [0.5, 0.6) is 0 Å². The second-order valence-corrected chi connectivity index (χ2v) is 6.99. The molecule has 2 aromatic heterocycles. The highest BCUT2D eigenvalue weighted by Gasteiger charge is 2.17. The van der Waals surface area contributed by atoms with E-state index in [1.165, 1.54) is 25.7 Å². The number of H-pyrrole nitrogens is 1. The van der Waals surface area contributed by atoms with E-state index >= 15 is 0 Å². The lowest BCUT2D eigenvalue weighted by molar-refractivity contribution is 0.531. The van der Waals surface area contributed by atoms with Gasteiger partial charge in [0.25, 0.3) is 0 Å². The molecule has 2 heterocycles. The third-order valence-electron chi connectivity index (χ3n) is 4.33. The number of hydrogen-bond acceptors (Lipinski definition) is 6. The van der Waals surface area contributed by atoms with Crippen molar-refractivity contribution in [2.45, 2.75) is 43.0 Å². The zero-order valence-electron chi connectivity index (χ0n) is 13.3. The topological polar surface area (TPSA) is 85.2 Å². The Bertz CT molecular complexity index is 777. The number of aromatic nitrogens is 7. The van der Waals surface area contributed by atoms with Gasteiger partial charge in [-0.1, -0.05) is 55.6 Å². The molecule has 0 radical (unpaired) electrons. The van der Waals surface area contributed by atoms with Crippen LogP contribution < -0.4 is 0 Å². The number of rotatable bonds is 6. The molecule has 8 heteroatoms. The summed E-state index contributed by atoms with van der Waals surface area (Å²) >= 11 is 1.55. The van der Waals surface area contributed by atoms with E-state index in [-0.39, 0.29) is 0 Å². The van der Waals surface area contributed by atoms with Gasteiger partial charge in [-0.15, -0.1) is 10.2 Å². The quantitative estimate of drug-likeness (QED) is 0.694. The van der Waals surface area contributed by atoms with E-state index in [0.29, 0.717) is 5.75 Å². The first-order chi connectivity index (χ1) is 11.9. The summed E-state index contributed by atoms with van der Waals surface area (Å²) in [6.45, 7) is 0. The highest BCUT2D eigenvalue weighted by molar-refractivity contribution is 7.98. The fourth-order valence-electron chi connectivity index (χ4n) is 3.12. The van der Waals surface area contributed by atoms with Crippen molar-refractivity contribution in [3.05, 3.63) is 42.0 Å². The molecule has 0 atom stereocenters. The van der Waals surface area contributed by atoms with E-state index < -0.39 is 0 Å². The lowest BCUT2D eigenvalue weighted by Crippen LogP contribution is -2.02. The molecule has 4 rings (SSSR count). The van der Waals surface area contributed by atoms with Crippen molar-refractivity contribution in [2.24, 2.45) is 5.92 Å².